The SMILES string of the molecule is CSc1ccc(CNC(=O)c2cccn3c(C(=O)NCCC(C)C)c(-c4ccsc4)nc23)cc1. The van der Waals surface area contributed by atoms with Crippen LogP contribution < -0.4 is 10.6 Å². The van der Waals surface area contributed by atoms with Gasteiger partial charge in [-0.3, -0.25) is 14.0 Å². The van der Waals surface area contributed by atoms with Crippen LogP contribution in [0.5, 0.6) is 0 Å². The van der Waals surface area contributed by atoms with Crippen molar-refractivity contribution in [3.05, 3.63) is 76.2 Å². The quantitative estimate of drug-likeness (QED) is 0.303. The van der Waals surface area contributed by atoms with Crippen molar-refractivity contribution in [3.8, 4) is 11.3 Å². The molecule has 0 saturated heterocycles. The van der Waals surface area contributed by atoms with Gasteiger partial charge in [-0.05, 0) is 59.9 Å². The van der Waals surface area contributed by atoms with E-state index in [1.54, 1.807) is 45.8 Å². The van der Waals surface area contributed by atoms with E-state index in [1.807, 2.05) is 47.3 Å². The topological polar surface area (TPSA) is 75.5 Å². The lowest BCUT2D eigenvalue weighted by Crippen LogP contribution is -2.27. The van der Waals surface area contributed by atoms with Crippen molar-refractivity contribution in [2.24, 2.45) is 5.92 Å². The highest BCUT2D eigenvalue weighted by Gasteiger charge is 2.23. The molecule has 6 nitrogen and oxygen atoms in total. The zero-order valence-electron chi connectivity index (χ0n) is 19.5. The molecule has 3 aromatic heterocycles. The second kappa shape index (κ2) is 10.9. The molecule has 0 saturated carbocycles. The van der Waals surface area contributed by atoms with Crippen molar-refractivity contribution in [1.29, 1.82) is 0 Å². The number of carbonyl (C=O) groups excluding carboxylic acids is 2. The molecule has 0 spiro atoms. The molecule has 0 bridgehead atoms. The first-order valence-electron chi connectivity index (χ1n) is 11.2. The number of carbonyl (C=O) groups is 2. The summed E-state index contributed by atoms with van der Waals surface area (Å²) in [5.74, 6) is 0.0695. The maximum atomic E-state index is 13.2. The summed E-state index contributed by atoms with van der Waals surface area (Å²) in [5.41, 5.74) is 3.80. The predicted molar refractivity (Wildman–Crippen MR) is 140 cm³/mol. The van der Waals surface area contributed by atoms with E-state index in [1.165, 1.54) is 4.90 Å². The molecule has 1 aromatic carbocycles. The van der Waals surface area contributed by atoms with Crippen LogP contribution in [0.3, 0.4) is 0 Å². The lowest BCUT2D eigenvalue weighted by atomic mass is 10.1. The summed E-state index contributed by atoms with van der Waals surface area (Å²) in [6, 6.07) is 13.6. The number of aromatic nitrogens is 2. The number of nitrogens with zero attached hydrogens (tertiary/aromatic N) is 2. The fourth-order valence-corrected chi connectivity index (χ4v) is 4.69. The maximum absolute atomic E-state index is 13.2. The first kappa shape index (κ1) is 24.0. The van der Waals surface area contributed by atoms with Gasteiger partial charge in [-0.15, -0.1) is 11.8 Å². The minimum absolute atomic E-state index is 0.194. The van der Waals surface area contributed by atoms with E-state index in [0.717, 1.165) is 17.5 Å². The van der Waals surface area contributed by atoms with E-state index in [9.17, 15) is 9.59 Å². The summed E-state index contributed by atoms with van der Waals surface area (Å²) in [5, 5.41) is 9.92. The monoisotopic (exact) mass is 492 g/mol. The predicted octanol–water partition coefficient (Wildman–Crippen LogP) is 5.49. The van der Waals surface area contributed by atoms with E-state index in [0.29, 0.717) is 41.6 Å². The van der Waals surface area contributed by atoms with Crippen molar-refractivity contribution in [3.63, 3.8) is 0 Å². The Balaban J connectivity index is 1.64. The number of hydrogen-bond donors (Lipinski definition) is 2. The van der Waals surface area contributed by atoms with Crippen LogP contribution in [-0.2, 0) is 6.54 Å². The lowest BCUT2D eigenvalue weighted by molar-refractivity contribution is 0.0938. The molecule has 0 atom stereocenters. The van der Waals surface area contributed by atoms with Gasteiger partial charge in [0.2, 0.25) is 0 Å². The number of rotatable bonds is 9. The lowest BCUT2D eigenvalue weighted by Gasteiger charge is -2.09. The molecule has 2 amide bonds. The molecule has 34 heavy (non-hydrogen) atoms. The molecule has 0 aliphatic rings. The number of fused-ring (bicyclic) bond motifs is 1. The average Bonchev–Trinajstić information content (AvgIpc) is 3.50. The minimum Gasteiger partial charge on any atom is -0.351 e. The third kappa shape index (κ3) is 5.34. The number of imidazole rings is 1. The van der Waals surface area contributed by atoms with Crippen LogP contribution in [0.2, 0.25) is 0 Å². The Morgan fingerprint density at radius 3 is 2.56 bits per heavy atom. The number of hydrogen-bond acceptors (Lipinski definition) is 5. The van der Waals surface area contributed by atoms with Gasteiger partial charge in [0.25, 0.3) is 11.8 Å². The molecule has 4 aromatic rings. The van der Waals surface area contributed by atoms with Crippen LogP contribution in [0.4, 0.5) is 0 Å². The van der Waals surface area contributed by atoms with Gasteiger partial charge in [0.1, 0.15) is 11.4 Å². The van der Waals surface area contributed by atoms with Gasteiger partial charge in [0, 0.05) is 35.1 Å². The standard InChI is InChI=1S/C26H28N4O2S2/c1-17(2)10-12-27-26(32)23-22(19-11-14-34-16-19)29-24-21(5-4-13-30(23)24)25(31)28-15-18-6-8-20(33-3)9-7-18/h4-9,11,13-14,16-17H,10,12,15H2,1-3H3,(H,27,32)(H,28,31). The summed E-state index contributed by atoms with van der Waals surface area (Å²) in [6.07, 6.45) is 4.71. The third-order valence-corrected chi connectivity index (χ3v) is 6.95. The third-order valence-electron chi connectivity index (χ3n) is 5.52. The molecule has 2 N–H and O–H groups in total. The number of thioether (sulfide) groups is 1. The molecule has 176 valence electrons. The van der Waals surface area contributed by atoms with Crippen LogP contribution in [0.1, 0.15) is 46.7 Å². The van der Waals surface area contributed by atoms with Gasteiger partial charge in [-0.2, -0.15) is 11.3 Å². The first-order valence-corrected chi connectivity index (χ1v) is 13.4. The number of pyridine rings is 1. The smallest absolute Gasteiger partial charge is 0.270 e. The normalized spacial score (nSPS) is 11.2. The Bertz CT molecular complexity index is 1280. The van der Waals surface area contributed by atoms with Crippen molar-refractivity contribution in [2.45, 2.75) is 31.7 Å². The van der Waals surface area contributed by atoms with Gasteiger partial charge in [0.15, 0.2) is 5.65 Å². The second-order valence-electron chi connectivity index (χ2n) is 8.41. The average molecular weight is 493 g/mol. The van der Waals surface area contributed by atoms with E-state index in [-0.39, 0.29) is 11.8 Å². The van der Waals surface area contributed by atoms with Crippen molar-refractivity contribution in [1.82, 2.24) is 20.0 Å². The van der Waals surface area contributed by atoms with Gasteiger partial charge in [0.05, 0.1) is 5.56 Å². The van der Waals surface area contributed by atoms with E-state index in [2.05, 4.69) is 24.5 Å². The summed E-state index contributed by atoms with van der Waals surface area (Å²) in [4.78, 5) is 32.2. The van der Waals surface area contributed by atoms with Crippen molar-refractivity contribution >= 4 is 40.6 Å². The van der Waals surface area contributed by atoms with Gasteiger partial charge in [-0.1, -0.05) is 26.0 Å². The number of amides is 2. The summed E-state index contributed by atoms with van der Waals surface area (Å²) >= 11 is 3.22. The zero-order valence-corrected chi connectivity index (χ0v) is 21.1. The van der Waals surface area contributed by atoms with Gasteiger partial charge in [-0.25, -0.2) is 4.98 Å². The fraction of sp³-hybridized carbons (Fsp3) is 0.269. The van der Waals surface area contributed by atoms with E-state index in [4.69, 9.17) is 4.98 Å². The van der Waals surface area contributed by atoms with Crippen molar-refractivity contribution in [2.75, 3.05) is 12.8 Å². The Kier molecular flexibility index (Phi) is 7.70. The summed E-state index contributed by atoms with van der Waals surface area (Å²) < 4.78 is 1.72. The largest absolute Gasteiger partial charge is 0.351 e. The van der Waals surface area contributed by atoms with Crippen LogP contribution in [0, 0.1) is 5.92 Å². The maximum Gasteiger partial charge on any atom is 0.270 e. The number of thiophene rings is 1. The van der Waals surface area contributed by atoms with E-state index >= 15 is 0 Å². The van der Waals surface area contributed by atoms with E-state index < -0.39 is 0 Å². The molecule has 0 unspecified atom stereocenters. The number of benzene rings is 1. The zero-order chi connectivity index (χ0) is 24.1. The molecule has 0 radical (unpaired) electrons. The Hall–Kier alpha value is -3.10. The Labute approximate surface area is 207 Å². The Morgan fingerprint density at radius 1 is 1.09 bits per heavy atom. The summed E-state index contributed by atoms with van der Waals surface area (Å²) in [6.45, 7) is 5.25. The van der Waals surface area contributed by atoms with Gasteiger partial charge >= 0.3 is 0 Å². The molecular weight excluding hydrogens is 464 g/mol. The van der Waals surface area contributed by atoms with Crippen LogP contribution in [0.15, 0.2) is 64.3 Å². The highest BCUT2D eigenvalue weighted by Crippen LogP contribution is 2.28. The molecule has 0 aliphatic heterocycles. The first-order chi connectivity index (χ1) is 16.5. The molecule has 4 rings (SSSR count). The number of nitrogens with one attached hydrogen (secondary N) is 2. The summed E-state index contributed by atoms with van der Waals surface area (Å²) in [7, 11) is 0. The minimum atomic E-state index is -0.229. The molecular formula is C26H28N4O2S2. The van der Waals surface area contributed by atoms with Crippen LogP contribution in [-0.4, -0.2) is 34.0 Å². The molecule has 3 heterocycles. The molecule has 0 fully saturated rings. The molecule has 8 heteroatoms. The fourth-order valence-electron chi connectivity index (χ4n) is 3.64. The highest BCUT2D eigenvalue weighted by molar-refractivity contribution is 7.98. The Morgan fingerprint density at radius 2 is 1.88 bits per heavy atom. The highest BCUT2D eigenvalue weighted by atomic mass is 32.2. The van der Waals surface area contributed by atoms with Crippen LogP contribution >= 0.6 is 23.1 Å². The van der Waals surface area contributed by atoms with Gasteiger partial charge < -0.3 is 10.6 Å². The molecule has 0 aliphatic carbocycles. The van der Waals surface area contributed by atoms with Crippen molar-refractivity contribution < 1.29 is 9.59 Å². The van der Waals surface area contributed by atoms with Crippen LogP contribution in [0.25, 0.3) is 16.9 Å². The second-order valence-corrected chi connectivity index (χ2v) is 10.1.